The van der Waals surface area contributed by atoms with Gasteiger partial charge in [-0.25, -0.2) is 0 Å². The maximum atomic E-state index is 11.6. The number of nitrogens with two attached hydrogens (primary N) is 1. The molecule has 0 radical (unpaired) electrons. The van der Waals surface area contributed by atoms with Crippen molar-refractivity contribution in [1.82, 2.24) is 0 Å². The molecule has 1 rings (SSSR count). The van der Waals surface area contributed by atoms with Gasteiger partial charge in [-0.05, 0) is 18.6 Å². The van der Waals surface area contributed by atoms with Crippen molar-refractivity contribution in [3.8, 4) is 5.75 Å². The van der Waals surface area contributed by atoms with E-state index < -0.39 is 0 Å². The highest BCUT2D eigenvalue weighted by molar-refractivity contribution is 5.91. The molecule has 5 nitrogen and oxygen atoms in total. The number of hydrogen-bond acceptors (Lipinski definition) is 4. The standard InChI is InChI=1S/C13H20N2O3/c1-3-7-18-8-6-13(16)15-10-4-5-11(14)12(9-10)17-2/h4-5,9H,3,6-8,14H2,1-2H3,(H,15,16). The van der Waals surface area contributed by atoms with E-state index in [-0.39, 0.29) is 5.91 Å². The van der Waals surface area contributed by atoms with Gasteiger partial charge in [-0.3, -0.25) is 4.79 Å². The minimum atomic E-state index is -0.0853. The monoisotopic (exact) mass is 252 g/mol. The van der Waals surface area contributed by atoms with Crippen LogP contribution in [0, 0.1) is 0 Å². The molecule has 1 aromatic carbocycles. The molecule has 5 heteroatoms. The predicted octanol–water partition coefficient (Wildman–Crippen LogP) is 2.03. The second-order valence-electron chi connectivity index (χ2n) is 3.87. The lowest BCUT2D eigenvalue weighted by molar-refractivity contribution is -0.117. The Kier molecular flexibility index (Phi) is 6.00. The van der Waals surface area contributed by atoms with E-state index >= 15 is 0 Å². The van der Waals surface area contributed by atoms with Gasteiger partial charge in [0.2, 0.25) is 5.91 Å². The lowest BCUT2D eigenvalue weighted by atomic mass is 10.2. The molecular formula is C13H20N2O3. The van der Waals surface area contributed by atoms with Crippen LogP contribution in [-0.2, 0) is 9.53 Å². The van der Waals surface area contributed by atoms with Crippen molar-refractivity contribution in [1.29, 1.82) is 0 Å². The van der Waals surface area contributed by atoms with E-state index in [1.807, 2.05) is 6.92 Å². The molecule has 1 amide bonds. The summed E-state index contributed by atoms with van der Waals surface area (Å²) < 4.78 is 10.3. The van der Waals surface area contributed by atoms with Crippen molar-refractivity contribution in [2.75, 3.05) is 31.4 Å². The highest BCUT2D eigenvalue weighted by Crippen LogP contribution is 2.24. The molecule has 0 atom stereocenters. The number of ether oxygens (including phenoxy) is 2. The Morgan fingerprint density at radius 2 is 2.17 bits per heavy atom. The van der Waals surface area contributed by atoms with E-state index in [0.29, 0.717) is 36.8 Å². The molecule has 0 saturated carbocycles. The van der Waals surface area contributed by atoms with Gasteiger partial charge in [0.1, 0.15) is 5.75 Å². The molecule has 3 N–H and O–H groups in total. The first-order valence-corrected chi connectivity index (χ1v) is 5.98. The molecule has 100 valence electrons. The number of benzene rings is 1. The van der Waals surface area contributed by atoms with Gasteiger partial charge >= 0.3 is 0 Å². The van der Waals surface area contributed by atoms with Crippen molar-refractivity contribution in [2.24, 2.45) is 0 Å². The number of methoxy groups -OCH3 is 1. The first-order chi connectivity index (χ1) is 8.67. The van der Waals surface area contributed by atoms with Crippen LogP contribution < -0.4 is 15.8 Å². The van der Waals surface area contributed by atoms with Gasteiger partial charge < -0.3 is 20.5 Å². The molecule has 0 saturated heterocycles. The van der Waals surface area contributed by atoms with E-state index in [0.717, 1.165) is 6.42 Å². The molecule has 1 aromatic rings. The molecule has 0 spiro atoms. The number of rotatable bonds is 7. The number of amides is 1. The Morgan fingerprint density at radius 1 is 1.39 bits per heavy atom. The van der Waals surface area contributed by atoms with Crippen LogP contribution in [0.1, 0.15) is 19.8 Å². The predicted molar refractivity (Wildman–Crippen MR) is 71.8 cm³/mol. The van der Waals surface area contributed by atoms with Crippen LogP contribution in [0.5, 0.6) is 5.75 Å². The van der Waals surface area contributed by atoms with E-state index in [2.05, 4.69) is 5.32 Å². The molecule has 18 heavy (non-hydrogen) atoms. The van der Waals surface area contributed by atoms with Gasteiger partial charge in [-0.15, -0.1) is 0 Å². The average Bonchev–Trinajstić information content (AvgIpc) is 2.37. The smallest absolute Gasteiger partial charge is 0.226 e. The number of nitrogen functional groups attached to an aromatic ring is 1. The molecule has 0 heterocycles. The molecule has 0 aromatic heterocycles. The minimum absolute atomic E-state index is 0.0853. The molecule has 0 aliphatic carbocycles. The fraction of sp³-hybridized carbons (Fsp3) is 0.462. The van der Waals surface area contributed by atoms with Crippen molar-refractivity contribution in [3.05, 3.63) is 18.2 Å². The second-order valence-corrected chi connectivity index (χ2v) is 3.87. The van der Waals surface area contributed by atoms with Gasteiger partial charge in [-0.1, -0.05) is 6.92 Å². The summed E-state index contributed by atoms with van der Waals surface area (Å²) in [6.45, 7) is 3.15. The summed E-state index contributed by atoms with van der Waals surface area (Å²) in [7, 11) is 1.54. The molecule has 0 unspecified atom stereocenters. The normalized spacial score (nSPS) is 10.1. The fourth-order valence-corrected chi connectivity index (χ4v) is 1.42. The third kappa shape index (κ3) is 4.63. The summed E-state index contributed by atoms with van der Waals surface area (Å²) in [5.74, 6) is 0.466. The number of hydrogen-bond donors (Lipinski definition) is 2. The van der Waals surface area contributed by atoms with E-state index in [1.54, 1.807) is 18.2 Å². The third-order valence-corrected chi connectivity index (χ3v) is 2.34. The van der Waals surface area contributed by atoms with Gasteiger partial charge in [0.15, 0.2) is 0 Å². The summed E-state index contributed by atoms with van der Waals surface area (Å²) in [4.78, 5) is 11.6. The van der Waals surface area contributed by atoms with Crippen LogP contribution in [0.2, 0.25) is 0 Å². The van der Waals surface area contributed by atoms with E-state index in [4.69, 9.17) is 15.2 Å². The Morgan fingerprint density at radius 3 is 2.83 bits per heavy atom. The summed E-state index contributed by atoms with van der Waals surface area (Å²) in [6.07, 6.45) is 1.30. The molecule has 0 bridgehead atoms. The summed E-state index contributed by atoms with van der Waals surface area (Å²) in [6, 6.07) is 5.13. The molecule has 0 aliphatic rings. The van der Waals surface area contributed by atoms with Crippen LogP contribution >= 0.6 is 0 Å². The zero-order valence-corrected chi connectivity index (χ0v) is 10.9. The van der Waals surface area contributed by atoms with Crippen LogP contribution in [0.15, 0.2) is 18.2 Å². The maximum Gasteiger partial charge on any atom is 0.226 e. The third-order valence-electron chi connectivity index (χ3n) is 2.34. The average molecular weight is 252 g/mol. The first-order valence-electron chi connectivity index (χ1n) is 5.98. The van der Waals surface area contributed by atoms with Gasteiger partial charge in [-0.2, -0.15) is 0 Å². The minimum Gasteiger partial charge on any atom is -0.495 e. The van der Waals surface area contributed by atoms with Crippen LogP contribution in [0.3, 0.4) is 0 Å². The lowest BCUT2D eigenvalue weighted by Gasteiger charge is -2.09. The highest BCUT2D eigenvalue weighted by atomic mass is 16.5. The van der Waals surface area contributed by atoms with Crippen LogP contribution in [0.25, 0.3) is 0 Å². The number of anilines is 2. The van der Waals surface area contributed by atoms with Crippen LogP contribution in [-0.4, -0.2) is 26.2 Å². The van der Waals surface area contributed by atoms with Gasteiger partial charge in [0, 0.05) is 18.4 Å². The topological polar surface area (TPSA) is 73.6 Å². The first kappa shape index (κ1) is 14.3. The lowest BCUT2D eigenvalue weighted by Crippen LogP contribution is -2.14. The maximum absolute atomic E-state index is 11.6. The fourth-order valence-electron chi connectivity index (χ4n) is 1.42. The quantitative estimate of drug-likeness (QED) is 0.575. The van der Waals surface area contributed by atoms with E-state index in [1.165, 1.54) is 7.11 Å². The van der Waals surface area contributed by atoms with Crippen molar-refractivity contribution >= 4 is 17.3 Å². The highest BCUT2D eigenvalue weighted by Gasteiger charge is 2.05. The largest absolute Gasteiger partial charge is 0.495 e. The number of carbonyl (C=O) groups excluding carboxylic acids is 1. The van der Waals surface area contributed by atoms with Gasteiger partial charge in [0.05, 0.1) is 25.8 Å². The van der Waals surface area contributed by atoms with Crippen molar-refractivity contribution < 1.29 is 14.3 Å². The molecule has 0 aliphatic heterocycles. The zero-order valence-electron chi connectivity index (χ0n) is 10.9. The summed E-state index contributed by atoms with van der Waals surface area (Å²) in [5, 5.41) is 2.77. The zero-order chi connectivity index (χ0) is 13.4. The number of carbonyl (C=O) groups is 1. The Hall–Kier alpha value is -1.75. The second kappa shape index (κ2) is 7.55. The molecule has 0 fully saturated rings. The SMILES string of the molecule is CCCOCCC(=O)Nc1ccc(N)c(OC)c1. The number of nitrogens with one attached hydrogen (secondary N) is 1. The van der Waals surface area contributed by atoms with Crippen molar-refractivity contribution in [2.45, 2.75) is 19.8 Å². The Labute approximate surface area is 107 Å². The Bertz CT molecular complexity index is 394. The van der Waals surface area contributed by atoms with E-state index in [9.17, 15) is 4.79 Å². The van der Waals surface area contributed by atoms with Crippen LogP contribution in [0.4, 0.5) is 11.4 Å². The summed E-state index contributed by atoms with van der Waals surface area (Å²) >= 11 is 0. The molecular weight excluding hydrogens is 232 g/mol. The summed E-state index contributed by atoms with van der Waals surface area (Å²) in [5.41, 5.74) is 6.90. The van der Waals surface area contributed by atoms with Crippen molar-refractivity contribution in [3.63, 3.8) is 0 Å². The Balaban J connectivity index is 2.44. The van der Waals surface area contributed by atoms with Gasteiger partial charge in [0.25, 0.3) is 0 Å².